The van der Waals surface area contributed by atoms with Gasteiger partial charge < -0.3 is 10.6 Å². The Morgan fingerprint density at radius 2 is 1.32 bits per heavy atom. The lowest BCUT2D eigenvalue weighted by Crippen LogP contribution is -2.01. The zero-order valence-electron chi connectivity index (χ0n) is 10.5. The van der Waals surface area contributed by atoms with Crippen molar-refractivity contribution in [1.82, 2.24) is 9.97 Å². The van der Waals surface area contributed by atoms with E-state index in [0.717, 1.165) is 28.5 Å². The molecule has 0 atom stereocenters. The molecule has 19 heavy (non-hydrogen) atoms. The van der Waals surface area contributed by atoms with E-state index in [1.54, 1.807) is 12.4 Å². The minimum atomic E-state index is 0.869. The van der Waals surface area contributed by atoms with Crippen LogP contribution in [0.25, 0.3) is 0 Å². The number of hydrogen-bond acceptors (Lipinski definition) is 6. The lowest BCUT2D eigenvalue weighted by Gasteiger charge is -2.06. The van der Waals surface area contributed by atoms with Gasteiger partial charge in [0.2, 0.25) is 0 Å². The fourth-order valence-electron chi connectivity index (χ4n) is 1.33. The molecule has 0 fully saturated rings. The van der Waals surface area contributed by atoms with Gasteiger partial charge in [-0.3, -0.25) is 0 Å². The predicted octanol–water partition coefficient (Wildman–Crippen LogP) is 3.34. The Hall–Kier alpha value is -1.40. The second kappa shape index (κ2) is 8.66. The van der Waals surface area contributed by atoms with Crippen LogP contribution in [-0.4, -0.2) is 26.8 Å². The maximum absolute atomic E-state index is 4.20. The number of thioether (sulfide) groups is 2. The van der Waals surface area contributed by atoms with Crippen LogP contribution < -0.4 is 10.6 Å². The molecule has 0 aliphatic heterocycles. The zero-order valence-corrected chi connectivity index (χ0v) is 12.1. The number of hydrogen-bond donors (Lipinski definition) is 2. The average Bonchev–Trinajstić information content (AvgIpc) is 2.48. The molecule has 6 heteroatoms. The topological polar surface area (TPSA) is 49.8 Å². The van der Waals surface area contributed by atoms with Crippen LogP contribution in [0.1, 0.15) is 0 Å². The maximum atomic E-state index is 4.20. The molecule has 0 bridgehead atoms. The number of anilines is 2. The molecular formula is C13H16N4S2. The Balaban J connectivity index is 1.49. The van der Waals surface area contributed by atoms with Crippen LogP contribution in [-0.2, 0) is 0 Å². The number of aromatic nitrogens is 2. The normalized spacial score (nSPS) is 10.1. The van der Waals surface area contributed by atoms with Gasteiger partial charge in [0, 0.05) is 17.5 Å². The van der Waals surface area contributed by atoms with Crippen molar-refractivity contribution >= 4 is 35.2 Å². The first-order valence-corrected chi connectivity index (χ1v) is 8.21. The summed E-state index contributed by atoms with van der Waals surface area (Å²) < 4.78 is 0. The third kappa shape index (κ3) is 5.85. The second-order valence-electron chi connectivity index (χ2n) is 3.60. The summed E-state index contributed by atoms with van der Waals surface area (Å²) in [6.07, 6.45) is 3.58. The van der Waals surface area contributed by atoms with Gasteiger partial charge in [0.1, 0.15) is 11.6 Å². The summed E-state index contributed by atoms with van der Waals surface area (Å²) >= 11 is 3.67. The van der Waals surface area contributed by atoms with Crippen LogP contribution in [0, 0.1) is 0 Å². The van der Waals surface area contributed by atoms with Crippen LogP contribution >= 0.6 is 23.5 Å². The molecule has 0 amide bonds. The Morgan fingerprint density at radius 3 is 1.74 bits per heavy atom. The van der Waals surface area contributed by atoms with E-state index in [1.165, 1.54) is 0 Å². The molecule has 0 aromatic carbocycles. The van der Waals surface area contributed by atoms with E-state index in [2.05, 4.69) is 20.6 Å². The second-order valence-corrected chi connectivity index (χ2v) is 5.93. The number of pyridine rings is 2. The number of nitrogens with one attached hydrogen (secondary N) is 2. The van der Waals surface area contributed by atoms with Crippen molar-refractivity contribution in [3.05, 3.63) is 48.8 Å². The summed E-state index contributed by atoms with van der Waals surface area (Å²) in [5.74, 6) is 3.58. The van der Waals surface area contributed by atoms with Crippen LogP contribution in [0.15, 0.2) is 48.8 Å². The first-order valence-electron chi connectivity index (χ1n) is 5.90. The van der Waals surface area contributed by atoms with Crippen molar-refractivity contribution in [2.75, 3.05) is 27.5 Å². The number of nitrogens with zero attached hydrogens (tertiary/aromatic N) is 2. The van der Waals surface area contributed by atoms with Gasteiger partial charge in [0.05, 0.1) is 11.8 Å². The third-order valence-corrected chi connectivity index (χ3v) is 4.24. The molecular weight excluding hydrogens is 276 g/mol. The molecule has 4 nitrogen and oxygen atoms in total. The molecule has 2 aromatic heterocycles. The summed E-state index contributed by atoms with van der Waals surface area (Å²) in [6.45, 7) is 0. The minimum absolute atomic E-state index is 0.869. The van der Waals surface area contributed by atoms with Crippen molar-refractivity contribution < 1.29 is 0 Å². The quantitative estimate of drug-likeness (QED) is 0.575. The molecule has 0 spiro atoms. The fourth-order valence-corrected chi connectivity index (χ4v) is 2.96. The molecule has 0 unspecified atom stereocenters. The van der Waals surface area contributed by atoms with Gasteiger partial charge in [-0.15, -0.1) is 23.5 Å². The minimum Gasteiger partial charge on any atom is -0.361 e. The average molecular weight is 292 g/mol. The summed E-state index contributed by atoms with van der Waals surface area (Å²) in [6, 6.07) is 11.7. The van der Waals surface area contributed by atoms with Crippen LogP contribution in [0.3, 0.4) is 0 Å². The van der Waals surface area contributed by atoms with E-state index in [0.29, 0.717) is 0 Å². The standard InChI is InChI=1S/C13H16N4S2/c1-3-7-14-12(5-1)16-9-18-11-19-10-17-13-6-2-4-8-15-13/h1-8H,9-11H2,(H,14,16)(H,15,17). The Bertz CT molecular complexity index is 409. The van der Waals surface area contributed by atoms with Gasteiger partial charge in [-0.05, 0) is 24.3 Å². The van der Waals surface area contributed by atoms with Crippen LogP contribution in [0.5, 0.6) is 0 Å². The van der Waals surface area contributed by atoms with E-state index in [1.807, 2.05) is 59.9 Å². The first-order chi connectivity index (χ1) is 9.45. The smallest absolute Gasteiger partial charge is 0.126 e. The summed E-state index contributed by atoms with van der Waals surface area (Å²) in [5, 5.41) is 7.55. The van der Waals surface area contributed by atoms with Gasteiger partial charge >= 0.3 is 0 Å². The number of rotatable bonds is 8. The monoisotopic (exact) mass is 292 g/mol. The SMILES string of the molecule is c1ccc(NCSCSCNc2ccccn2)nc1. The molecule has 0 saturated carbocycles. The Labute approximate surface area is 121 Å². The summed E-state index contributed by atoms with van der Waals surface area (Å²) in [4.78, 5) is 8.40. The molecule has 0 aliphatic rings. The molecule has 0 radical (unpaired) electrons. The summed E-state index contributed by atoms with van der Waals surface area (Å²) in [7, 11) is 0. The molecule has 2 aromatic rings. The highest BCUT2D eigenvalue weighted by Crippen LogP contribution is 2.13. The van der Waals surface area contributed by atoms with Gasteiger partial charge in [-0.1, -0.05) is 12.1 Å². The van der Waals surface area contributed by atoms with Gasteiger partial charge in [-0.25, -0.2) is 9.97 Å². The highest BCUT2D eigenvalue weighted by atomic mass is 32.2. The Kier molecular flexibility index (Phi) is 6.39. The van der Waals surface area contributed by atoms with Crippen molar-refractivity contribution in [2.24, 2.45) is 0 Å². The fraction of sp³-hybridized carbons (Fsp3) is 0.231. The van der Waals surface area contributed by atoms with Crippen molar-refractivity contribution in [3.8, 4) is 0 Å². The van der Waals surface area contributed by atoms with E-state index in [4.69, 9.17) is 0 Å². The molecule has 2 heterocycles. The maximum Gasteiger partial charge on any atom is 0.126 e. The highest BCUT2D eigenvalue weighted by Gasteiger charge is 1.93. The molecule has 2 N–H and O–H groups in total. The van der Waals surface area contributed by atoms with Gasteiger partial charge in [0.15, 0.2) is 0 Å². The Morgan fingerprint density at radius 1 is 0.789 bits per heavy atom. The van der Waals surface area contributed by atoms with Crippen LogP contribution in [0.4, 0.5) is 11.6 Å². The summed E-state index contributed by atoms with van der Waals surface area (Å²) in [5.41, 5.74) is 0. The van der Waals surface area contributed by atoms with E-state index < -0.39 is 0 Å². The van der Waals surface area contributed by atoms with Crippen molar-refractivity contribution in [3.63, 3.8) is 0 Å². The molecule has 2 rings (SSSR count). The van der Waals surface area contributed by atoms with Gasteiger partial charge in [0.25, 0.3) is 0 Å². The van der Waals surface area contributed by atoms with Crippen LogP contribution in [0.2, 0.25) is 0 Å². The highest BCUT2D eigenvalue weighted by molar-refractivity contribution is 8.16. The molecule has 0 aliphatic carbocycles. The first kappa shape index (κ1) is 14.0. The lowest BCUT2D eigenvalue weighted by molar-refractivity contribution is 1.27. The molecule has 100 valence electrons. The van der Waals surface area contributed by atoms with E-state index >= 15 is 0 Å². The lowest BCUT2D eigenvalue weighted by atomic mass is 10.5. The van der Waals surface area contributed by atoms with E-state index in [-0.39, 0.29) is 0 Å². The zero-order chi connectivity index (χ0) is 13.2. The van der Waals surface area contributed by atoms with Gasteiger partial charge in [-0.2, -0.15) is 0 Å². The predicted molar refractivity (Wildman–Crippen MR) is 85.5 cm³/mol. The molecule has 0 saturated heterocycles. The third-order valence-electron chi connectivity index (χ3n) is 2.21. The van der Waals surface area contributed by atoms with E-state index in [9.17, 15) is 0 Å². The van der Waals surface area contributed by atoms with Crippen molar-refractivity contribution in [1.29, 1.82) is 0 Å². The van der Waals surface area contributed by atoms with Crippen molar-refractivity contribution in [2.45, 2.75) is 0 Å². The largest absolute Gasteiger partial charge is 0.361 e.